The van der Waals surface area contributed by atoms with Crippen molar-refractivity contribution >= 4 is 11.6 Å². The Morgan fingerprint density at radius 2 is 2.00 bits per heavy atom. The topological polar surface area (TPSA) is 41.6 Å². The first-order valence-electron chi connectivity index (χ1n) is 8.21. The summed E-state index contributed by atoms with van der Waals surface area (Å²) in [6.07, 6.45) is -0.203. The molecule has 1 N–H and O–H groups in total. The number of alkyl halides is 3. The van der Waals surface area contributed by atoms with Crippen LogP contribution < -0.4 is 10.1 Å². The predicted octanol–water partition coefficient (Wildman–Crippen LogP) is 3.83. The SMILES string of the molecule is C[C@@H]1CCCCN1CCCOc1ccc(NC(=O)C(F)(F)F)cc1. The number of hydrogen-bond acceptors (Lipinski definition) is 3. The summed E-state index contributed by atoms with van der Waals surface area (Å²) in [6.45, 7) is 4.92. The average molecular weight is 344 g/mol. The maximum absolute atomic E-state index is 12.2. The van der Waals surface area contributed by atoms with Crippen LogP contribution in [0.3, 0.4) is 0 Å². The van der Waals surface area contributed by atoms with E-state index in [0.29, 0.717) is 18.4 Å². The Bertz CT molecular complexity index is 532. The molecule has 1 heterocycles. The molecule has 0 aliphatic carbocycles. The monoisotopic (exact) mass is 344 g/mol. The zero-order valence-electron chi connectivity index (χ0n) is 13.7. The van der Waals surface area contributed by atoms with E-state index in [1.165, 1.54) is 31.4 Å². The van der Waals surface area contributed by atoms with E-state index in [0.717, 1.165) is 19.5 Å². The Morgan fingerprint density at radius 1 is 1.29 bits per heavy atom. The third-order valence-corrected chi connectivity index (χ3v) is 4.17. The van der Waals surface area contributed by atoms with Gasteiger partial charge in [0.25, 0.3) is 0 Å². The summed E-state index contributed by atoms with van der Waals surface area (Å²) < 4.78 is 42.1. The van der Waals surface area contributed by atoms with Gasteiger partial charge >= 0.3 is 12.1 Å². The van der Waals surface area contributed by atoms with E-state index < -0.39 is 12.1 Å². The Morgan fingerprint density at radius 3 is 2.62 bits per heavy atom. The second kappa shape index (κ2) is 8.37. The van der Waals surface area contributed by atoms with Gasteiger partial charge in [-0.3, -0.25) is 4.79 Å². The summed E-state index contributed by atoms with van der Waals surface area (Å²) in [5, 5.41) is 1.80. The van der Waals surface area contributed by atoms with Crippen LogP contribution in [0, 0.1) is 0 Å². The van der Waals surface area contributed by atoms with E-state index in [1.54, 1.807) is 17.4 Å². The fourth-order valence-corrected chi connectivity index (χ4v) is 2.78. The summed E-state index contributed by atoms with van der Waals surface area (Å²) in [7, 11) is 0. The number of carbonyl (C=O) groups excluding carboxylic acids is 1. The van der Waals surface area contributed by atoms with Crippen molar-refractivity contribution in [2.45, 2.75) is 44.8 Å². The first kappa shape index (κ1) is 18.6. The average Bonchev–Trinajstić information content (AvgIpc) is 2.53. The van der Waals surface area contributed by atoms with Crippen LogP contribution in [0.25, 0.3) is 0 Å². The van der Waals surface area contributed by atoms with E-state index in [9.17, 15) is 18.0 Å². The standard InChI is InChI=1S/C17H23F3N2O2/c1-13-5-2-3-10-22(13)11-4-12-24-15-8-6-14(7-9-15)21-16(23)17(18,19)20/h6-9,13H,2-5,10-12H2,1H3,(H,21,23)/t13-/m1/s1. The van der Waals surface area contributed by atoms with Gasteiger partial charge in [0.1, 0.15) is 5.75 Å². The molecule has 7 heteroatoms. The van der Waals surface area contributed by atoms with Gasteiger partial charge in [-0.05, 0) is 57.0 Å². The number of likely N-dealkylation sites (tertiary alicyclic amines) is 1. The molecule has 0 unspecified atom stereocenters. The zero-order chi connectivity index (χ0) is 17.6. The molecule has 0 saturated carbocycles. The fourth-order valence-electron chi connectivity index (χ4n) is 2.78. The molecular formula is C17H23F3N2O2. The molecule has 0 bridgehead atoms. The molecule has 0 spiro atoms. The van der Waals surface area contributed by atoms with E-state index in [2.05, 4.69) is 11.8 Å². The molecule has 0 radical (unpaired) electrons. The van der Waals surface area contributed by atoms with Gasteiger partial charge in [0.15, 0.2) is 0 Å². The van der Waals surface area contributed by atoms with Crippen LogP contribution in [-0.4, -0.2) is 42.7 Å². The number of nitrogens with zero attached hydrogens (tertiary/aromatic N) is 1. The van der Waals surface area contributed by atoms with Crippen molar-refractivity contribution in [2.24, 2.45) is 0 Å². The molecule has 0 aromatic heterocycles. The molecular weight excluding hydrogens is 321 g/mol. The highest BCUT2D eigenvalue weighted by molar-refractivity contribution is 5.94. The van der Waals surface area contributed by atoms with E-state index in [-0.39, 0.29) is 5.69 Å². The summed E-state index contributed by atoms with van der Waals surface area (Å²) in [4.78, 5) is 13.3. The number of amides is 1. The van der Waals surface area contributed by atoms with Crippen molar-refractivity contribution in [3.8, 4) is 5.75 Å². The van der Waals surface area contributed by atoms with Crippen LogP contribution in [0.15, 0.2) is 24.3 Å². The largest absolute Gasteiger partial charge is 0.494 e. The summed E-state index contributed by atoms with van der Waals surface area (Å²) in [5.74, 6) is -1.40. The van der Waals surface area contributed by atoms with Crippen molar-refractivity contribution in [3.05, 3.63) is 24.3 Å². The maximum atomic E-state index is 12.2. The van der Waals surface area contributed by atoms with Crippen LogP contribution >= 0.6 is 0 Å². The van der Waals surface area contributed by atoms with Gasteiger partial charge in [0.2, 0.25) is 0 Å². The number of nitrogens with one attached hydrogen (secondary N) is 1. The van der Waals surface area contributed by atoms with Gasteiger partial charge in [-0.15, -0.1) is 0 Å². The first-order chi connectivity index (χ1) is 11.4. The molecule has 134 valence electrons. The lowest BCUT2D eigenvalue weighted by molar-refractivity contribution is -0.167. The molecule has 2 rings (SSSR count). The molecule has 1 aromatic carbocycles. The molecule has 1 saturated heterocycles. The molecule has 1 amide bonds. The minimum atomic E-state index is -4.89. The minimum Gasteiger partial charge on any atom is -0.494 e. The van der Waals surface area contributed by atoms with Crippen molar-refractivity contribution in [1.29, 1.82) is 0 Å². The van der Waals surface area contributed by atoms with Crippen LogP contribution in [0.2, 0.25) is 0 Å². The van der Waals surface area contributed by atoms with Crippen molar-refractivity contribution in [2.75, 3.05) is 25.0 Å². The molecule has 1 fully saturated rings. The first-order valence-corrected chi connectivity index (χ1v) is 8.21. The molecule has 1 atom stereocenters. The van der Waals surface area contributed by atoms with Crippen LogP contribution in [-0.2, 0) is 4.79 Å². The molecule has 4 nitrogen and oxygen atoms in total. The molecule has 1 aromatic rings. The number of piperidine rings is 1. The van der Waals surface area contributed by atoms with Crippen LogP contribution in [0.4, 0.5) is 18.9 Å². The van der Waals surface area contributed by atoms with Gasteiger partial charge in [0, 0.05) is 18.3 Å². The van der Waals surface area contributed by atoms with Crippen LogP contribution in [0.1, 0.15) is 32.6 Å². The number of rotatable bonds is 6. The molecule has 1 aliphatic rings. The smallest absolute Gasteiger partial charge is 0.471 e. The third kappa shape index (κ3) is 5.70. The highest BCUT2D eigenvalue weighted by atomic mass is 19.4. The third-order valence-electron chi connectivity index (χ3n) is 4.17. The number of carbonyl (C=O) groups is 1. The van der Waals surface area contributed by atoms with Gasteiger partial charge in [-0.2, -0.15) is 13.2 Å². The highest BCUT2D eigenvalue weighted by Gasteiger charge is 2.38. The highest BCUT2D eigenvalue weighted by Crippen LogP contribution is 2.21. The lowest BCUT2D eigenvalue weighted by Crippen LogP contribution is -2.38. The number of halogens is 3. The predicted molar refractivity (Wildman–Crippen MR) is 86.1 cm³/mol. The second-order valence-electron chi connectivity index (χ2n) is 6.06. The van der Waals surface area contributed by atoms with Gasteiger partial charge < -0.3 is 15.0 Å². The molecule has 24 heavy (non-hydrogen) atoms. The number of ether oxygens (including phenoxy) is 1. The number of anilines is 1. The molecule has 1 aliphatic heterocycles. The summed E-state index contributed by atoms with van der Waals surface area (Å²) in [5.41, 5.74) is 0.0896. The van der Waals surface area contributed by atoms with Crippen LogP contribution in [0.5, 0.6) is 5.75 Å². The van der Waals surface area contributed by atoms with Crippen molar-refractivity contribution in [1.82, 2.24) is 4.90 Å². The quantitative estimate of drug-likeness (QED) is 0.798. The summed E-state index contributed by atoms with van der Waals surface area (Å²) >= 11 is 0. The van der Waals surface area contributed by atoms with Crippen molar-refractivity contribution in [3.63, 3.8) is 0 Å². The Kier molecular flexibility index (Phi) is 6.48. The van der Waals surface area contributed by atoms with E-state index in [1.807, 2.05) is 0 Å². The normalized spacial score (nSPS) is 19.1. The second-order valence-corrected chi connectivity index (χ2v) is 6.06. The minimum absolute atomic E-state index is 0.0896. The summed E-state index contributed by atoms with van der Waals surface area (Å²) in [6, 6.07) is 6.51. The van der Waals surface area contributed by atoms with Gasteiger partial charge in [-0.25, -0.2) is 0 Å². The Balaban J connectivity index is 1.71. The maximum Gasteiger partial charge on any atom is 0.471 e. The lowest BCUT2D eigenvalue weighted by Gasteiger charge is -2.33. The zero-order valence-corrected chi connectivity index (χ0v) is 13.7. The van der Waals surface area contributed by atoms with Gasteiger partial charge in [-0.1, -0.05) is 6.42 Å². The fraction of sp³-hybridized carbons (Fsp3) is 0.588. The number of hydrogen-bond donors (Lipinski definition) is 1. The Hall–Kier alpha value is -1.76. The van der Waals surface area contributed by atoms with E-state index >= 15 is 0 Å². The number of benzene rings is 1. The Labute approximate surface area is 140 Å². The van der Waals surface area contributed by atoms with Crippen molar-refractivity contribution < 1.29 is 22.7 Å². The van der Waals surface area contributed by atoms with Gasteiger partial charge in [0.05, 0.1) is 6.61 Å². The van der Waals surface area contributed by atoms with E-state index in [4.69, 9.17) is 4.74 Å². The lowest BCUT2D eigenvalue weighted by atomic mass is 10.0.